The molecule has 1 aliphatic rings. The maximum absolute atomic E-state index is 11.7. The SMILES string of the molecule is C/C=C/CN1CCN(C/C=C/C)C1=O. The van der Waals surface area contributed by atoms with Gasteiger partial charge in [-0.25, -0.2) is 4.79 Å². The van der Waals surface area contributed by atoms with Gasteiger partial charge >= 0.3 is 6.03 Å². The Balaban J connectivity index is 2.42. The van der Waals surface area contributed by atoms with Crippen molar-refractivity contribution < 1.29 is 4.79 Å². The number of allylic oxidation sites excluding steroid dienone is 2. The van der Waals surface area contributed by atoms with Crippen molar-refractivity contribution in [3.05, 3.63) is 24.3 Å². The number of hydrogen-bond acceptors (Lipinski definition) is 1. The van der Waals surface area contributed by atoms with E-state index in [1.807, 2.05) is 48.0 Å². The summed E-state index contributed by atoms with van der Waals surface area (Å²) in [4.78, 5) is 15.4. The van der Waals surface area contributed by atoms with Gasteiger partial charge in [0.2, 0.25) is 0 Å². The maximum Gasteiger partial charge on any atom is 0.320 e. The predicted octanol–water partition coefficient (Wildman–Crippen LogP) is 1.88. The third-order valence-electron chi connectivity index (χ3n) is 2.30. The monoisotopic (exact) mass is 194 g/mol. The highest BCUT2D eigenvalue weighted by atomic mass is 16.2. The van der Waals surface area contributed by atoms with Crippen LogP contribution < -0.4 is 0 Å². The molecule has 3 nitrogen and oxygen atoms in total. The van der Waals surface area contributed by atoms with Gasteiger partial charge in [0.25, 0.3) is 0 Å². The highest BCUT2D eigenvalue weighted by molar-refractivity contribution is 5.76. The molecule has 0 aromatic rings. The standard InChI is InChI=1S/C11H18N2O/c1-3-5-7-12-9-10-13(11(12)14)8-6-4-2/h3-6H,7-10H2,1-2H3/b5-3+,6-4+. The van der Waals surface area contributed by atoms with E-state index in [1.165, 1.54) is 0 Å². The van der Waals surface area contributed by atoms with Crippen LogP contribution in [0.2, 0.25) is 0 Å². The molecule has 0 radical (unpaired) electrons. The zero-order valence-electron chi connectivity index (χ0n) is 8.94. The van der Waals surface area contributed by atoms with E-state index in [9.17, 15) is 4.79 Å². The Kier molecular flexibility index (Phi) is 4.23. The molecule has 0 N–H and O–H groups in total. The van der Waals surface area contributed by atoms with Crippen molar-refractivity contribution in [2.24, 2.45) is 0 Å². The first kappa shape index (κ1) is 10.8. The second-order valence-corrected chi connectivity index (χ2v) is 3.31. The lowest BCUT2D eigenvalue weighted by Crippen LogP contribution is -2.32. The van der Waals surface area contributed by atoms with Crippen molar-refractivity contribution in [1.29, 1.82) is 0 Å². The maximum atomic E-state index is 11.7. The number of carbonyl (C=O) groups excluding carboxylic acids is 1. The van der Waals surface area contributed by atoms with Crippen LogP contribution in [0.5, 0.6) is 0 Å². The first-order valence-electron chi connectivity index (χ1n) is 5.05. The lowest BCUT2D eigenvalue weighted by atomic mass is 10.5. The minimum absolute atomic E-state index is 0.154. The summed E-state index contributed by atoms with van der Waals surface area (Å²) in [7, 11) is 0. The van der Waals surface area contributed by atoms with Gasteiger partial charge < -0.3 is 9.80 Å². The Bertz CT molecular complexity index is 222. The van der Waals surface area contributed by atoms with Crippen LogP contribution in [0.1, 0.15) is 13.8 Å². The molecule has 14 heavy (non-hydrogen) atoms. The molecule has 1 saturated heterocycles. The van der Waals surface area contributed by atoms with E-state index in [4.69, 9.17) is 0 Å². The molecule has 0 atom stereocenters. The number of rotatable bonds is 4. The van der Waals surface area contributed by atoms with Gasteiger partial charge in [-0.05, 0) is 13.8 Å². The Morgan fingerprint density at radius 2 is 1.50 bits per heavy atom. The van der Waals surface area contributed by atoms with Crippen LogP contribution in [0.3, 0.4) is 0 Å². The molecule has 1 aliphatic heterocycles. The second kappa shape index (κ2) is 5.47. The summed E-state index contributed by atoms with van der Waals surface area (Å²) in [6, 6.07) is 0.154. The minimum atomic E-state index is 0.154. The molecular formula is C11H18N2O. The van der Waals surface area contributed by atoms with Gasteiger partial charge in [-0.15, -0.1) is 0 Å². The van der Waals surface area contributed by atoms with Crippen molar-refractivity contribution in [3.8, 4) is 0 Å². The Morgan fingerprint density at radius 3 is 1.86 bits per heavy atom. The number of hydrogen-bond donors (Lipinski definition) is 0. The van der Waals surface area contributed by atoms with Gasteiger partial charge in [-0.1, -0.05) is 24.3 Å². The first-order chi connectivity index (χ1) is 6.79. The number of carbonyl (C=O) groups is 1. The first-order valence-corrected chi connectivity index (χ1v) is 5.05. The van der Waals surface area contributed by atoms with Crippen LogP contribution in [0.4, 0.5) is 4.79 Å². The topological polar surface area (TPSA) is 23.6 Å². The van der Waals surface area contributed by atoms with Crippen molar-refractivity contribution in [3.63, 3.8) is 0 Å². The fourth-order valence-electron chi connectivity index (χ4n) is 1.44. The average molecular weight is 194 g/mol. The molecule has 1 heterocycles. The molecule has 0 spiro atoms. The third-order valence-corrected chi connectivity index (χ3v) is 2.30. The molecule has 0 unspecified atom stereocenters. The third kappa shape index (κ3) is 2.62. The molecule has 0 aromatic carbocycles. The second-order valence-electron chi connectivity index (χ2n) is 3.31. The number of nitrogens with zero attached hydrogens (tertiary/aromatic N) is 2. The van der Waals surface area contributed by atoms with Crippen LogP contribution in [0.15, 0.2) is 24.3 Å². The molecule has 0 aliphatic carbocycles. The van der Waals surface area contributed by atoms with E-state index >= 15 is 0 Å². The summed E-state index contributed by atoms with van der Waals surface area (Å²) < 4.78 is 0. The quantitative estimate of drug-likeness (QED) is 0.627. The molecule has 0 saturated carbocycles. The van der Waals surface area contributed by atoms with Gasteiger partial charge in [-0.2, -0.15) is 0 Å². The van der Waals surface area contributed by atoms with E-state index < -0.39 is 0 Å². The smallest absolute Gasteiger partial charge is 0.319 e. The van der Waals surface area contributed by atoms with Crippen molar-refractivity contribution in [1.82, 2.24) is 9.80 Å². The minimum Gasteiger partial charge on any atom is -0.319 e. The predicted molar refractivity (Wildman–Crippen MR) is 58.2 cm³/mol. The molecular weight excluding hydrogens is 176 g/mol. The molecule has 78 valence electrons. The van der Waals surface area contributed by atoms with Crippen molar-refractivity contribution in [2.45, 2.75) is 13.8 Å². The van der Waals surface area contributed by atoms with E-state index in [0.29, 0.717) is 0 Å². The molecule has 1 rings (SSSR count). The number of amides is 2. The lowest BCUT2D eigenvalue weighted by molar-refractivity contribution is 0.199. The zero-order valence-corrected chi connectivity index (χ0v) is 8.94. The molecule has 3 heteroatoms. The summed E-state index contributed by atoms with van der Waals surface area (Å²) in [5.41, 5.74) is 0. The largest absolute Gasteiger partial charge is 0.320 e. The van der Waals surface area contributed by atoms with E-state index in [1.54, 1.807) is 0 Å². The fraction of sp³-hybridized carbons (Fsp3) is 0.545. The summed E-state index contributed by atoms with van der Waals surface area (Å²) in [5, 5.41) is 0. The van der Waals surface area contributed by atoms with Gasteiger partial charge in [0, 0.05) is 26.2 Å². The summed E-state index contributed by atoms with van der Waals surface area (Å²) in [6.07, 6.45) is 7.97. The molecule has 2 amide bonds. The van der Waals surface area contributed by atoms with E-state index in [-0.39, 0.29) is 6.03 Å². The van der Waals surface area contributed by atoms with Crippen LogP contribution in [0.25, 0.3) is 0 Å². The molecule has 1 fully saturated rings. The van der Waals surface area contributed by atoms with Crippen molar-refractivity contribution in [2.75, 3.05) is 26.2 Å². The van der Waals surface area contributed by atoms with E-state index in [0.717, 1.165) is 26.2 Å². The van der Waals surface area contributed by atoms with Crippen LogP contribution in [-0.4, -0.2) is 42.0 Å². The van der Waals surface area contributed by atoms with Gasteiger partial charge in [0.15, 0.2) is 0 Å². The molecule has 0 bridgehead atoms. The van der Waals surface area contributed by atoms with E-state index in [2.05, 4.69) is 0 Å². The van der Waals surface area contributed by atoms with Crippen molar-refractivity contribution >= 4 is 6.03 Å². The van der Waals surface area contributed by atoms with Crippen LogP contribution in [0, 0.1) is 0 Å². The van der Waals surface area contributed by atoms with Crippen LogP contribution >= 0.6 is 0 Å². The highest BCUT2D eigenvalue weighted by Crippen LogP contribution is 2.07. The molecule has 0 aromatic heterocycles. The van der Waals surface area contributed by atoms with Gasteiger partial charge in [0.1, 0.15) is 0 Å². The summed E-state index contributed by atoms with van der Waals surface area (Å²) in [6.45, 7) is 7.11. The summed E-state index contributed by atoms with van der Waals surface area (Å²) >= 11 is 0. The normalized spacial score (nSPS) is 18.0. The zero-order chi connectivity index (χ0) is 10.4. The fourth-order valence-corrected chi connectivity index (χ4v) is 1.44. The Hall–Kier alpha value is -1.25. The Morgan fingerprint density at radius 1 is 1.07 bits per heavy atom. The summed E-state index contributed by atoms with van der Waals surface area (Å²) in [5.74, 6) is 0. The van der Waals surface area contributed by atoms with Gasteiger partial charge in [-0.3, -0.25) is 0 Å². The Labute approximate surface area is 85.7 Å². The average Bonchev–Trinajstić information content (AvgIpc) is 2.54. The highest BCUT2D eigenvalue weighted by Gasteiger charge is 2.25. The van der Waals surface area contributed by atoms with Crippen LogP contribution in [-0.2, 0) is 0 Å². The van der Waals surface area contributed by atoms with Gasteiger partial charge in [0.05, 0.1) is 0 Å². The lowest BCUT2D eigenvalue weighted by Gasteiger charge is -2.15. The number of urea groups is 1.